The molecule has 21 heavy (non-hydrogen) atoms. The van der Waals surface area contributed by atoms with E-state index in [0.29, 0.717) is 27.0 Å². The van der Waals surface area contributed by atoms with Gasteiger partial charge >= 0.3 is 125 Å². The Morgan fingerprint density at radius 1 is 1.33 bits per heavy atom. The van der Waals surface area contributed by atoms with E-state index in [-0.39, 0.29) is 14.5 Å². The van der Waals surface area contributed by atoms with Gasteiger partial charge in [-0.2, -0.15) is 0 Å². The second kappa shape index (κ2) is 5.13. The summed E-state index contributed by atoms with van der Waals surface area (Å²) in [5, 5.41) is 9.76. The molecule has 2 N–H and O–H groups in total. The number of nitrogens with zero attached hydrogens (tertiary/aromatic N) is 1. The summed E-state index contributed by atoms with van der Waals surface area (Å²) in [6.07, 6.45) is 0. The SMILES string of the molecule is COc1ccc2cc(-c3cc(C#N)c(N)[se]3)c(=O)oc2c1. The number of fused-ring (bicyclic) bond motifs is 1. The van der Waals surface area contributed by atoms with Crippen LogP contribution < -0.4 is 16.1 Å². The predicted octanol–water partition coefficient (Wildman–Crippen LogP) is 1.98. The molecule has 0 atom stereocenters. The predicted molar refractivity (Wildman–Crippen MR) is 80.5 cm³/mol. The van der Waals surface area contributed by atoms with E-state index >= 15 is 0 Å². The van der Waals surface area contributed by atoms with Crippen LogP contribution in [0.15, 0.2) is 39.5 Å². The molecule has 0 saturated carbocycles. The third kappa shape index (κ3) is 2.33. The molecule has 0 amide bonds. The Bertz CT molecular complexity index is 934. The van der Waals surface area contributed by atoms with Crippen LogP contribution in [0.4, 0.5) is 4.56 Å². The molecule has 0 aliphatic heterocycles. The second-order valence-corrected chi connectivity index (χ2v) is 6.63. The standard InChI is InChI=1S/C15H10N2O3Se/c1-19-10-3-2-8-4-11(15(18)20-12(8)6-10)13-5-9(7-16)14(17)21-13/h2-6H,17H2,1H3. The van der Waals surface area contributed by atoms with Crippen molar-refractivity contribution in [1.82, 2.24) is 0 Å². The molecule has 6 heteroatoms. The first-order valence-corrected chi connectivity index (χ1v) is 7.75. The number of ether oxygens (including phenoxy) is 1. The summed E-state index contributed by atoms with van der Waals surface area (Å²) < 4.78 is 11.8. The Hall–Kier alpha value is -2.48. The third-order valence-corrected chi connectivity index (χ3v) is 5.18. The van der Waals surface area contributed by atoms with E-state index in [0.717, 1.165) is 9.82 Å². The van der Waals surface area contributed by atoms with Gasteiger partial charge in [-0.05, 0) is 0 Å². The molecule has 1 aromatic carbocycles. The van der Waals surface area contributed by atoms with Crippen LogP contribution in [-0.4, -0.2) is 21.6 Å². The van der Waals surface area contributed by atoms with Crippen molar-refractivity contribution in [3.63, 3.8) is 0 Å². The zero-order valence-electron chi connectivity index (χ0n) is 11.0. The molecule has 104 valence electrons. The molecule has 0 bridgehead atoms. The molecule has 2 heterocycles. The Morgan fingerprint density at radius 2 is 2.14 bits per heavy atom. The fourth-order valence-electron chi connectivity index (χ4n) is 2.02. The van der Waals surface area contributed by atoms with E-state index in [9.17, 15) is 4.79 Å². The first-order valence-electron chi connectivity index (χ1n) is 6.04. The molecular weight excluding hydrogens is 335 g/mol. The second-order valence-electron chi connectivity index (χ2n) is 4.35. The minimum absolute atomic E-state index is 0.222. The summed E-state index contributed by atoms with van der Waals surface area (Å²) in [4.78, 5) is 12.1. The number of benzene rings is 1. The molecule has 5 nitrogen and oxygen atoms in total. The molecule has 2 aromatic heterocycles. The normalized spacial score (nSPS) is 10.5. The van der Waals surface area contributed by atoms with E-state index in [1.807, 2.05) is 12.1 Å². The molecule has 0 unspecified atom stereocenters. The number of rotatable bonds is 2. The molecule has 0 aliphatic rings. The van der Waals surface area contributed by atoms with Gasteiger partial charge in [0, 0.05) is 0 Å². The van der Waals surface area contributed by atoms with Crippen LogP contribution >= 0.6 is 0 Å². The van der Waals surface area contributed by atoms with Gasteiger partial charge < -0.3 is 0 Å². The zero-order valence-corrected chi connectivity index (χ0v) is 12.8. The van der Waals surface area contributed by atoms with Gasteiger partial charge in [0.2, 0.25) is 0 Å². The quantitative estimate of drug-likeness (QED) is 0.567. The van der Waals surface area contributed by atoms with E-state index in [1.165, 1.54) is 0 Å². The Morgan fingerprint density at radius 3 is 2.81 bits per heavy atom. The number of methoxy groups -OCH3 is 1. The van der Waals surface area contributed by atoms with Crippen molar-refractivity contribution in [1.29, 1.82) is 5.26 Å². The van der Waals surface area contributed by atoms with E-state index < -0.39 is 5.63 Å². The van der Waals surface area contributed by atoms with Gasteiger partial charge in [-0.15, -0.1) is 0 Å². The number of nitriles is 1. The molecule has 3 rings (SSSR count). The van der Waals surface area contributed by atoms with Crippen molar-refractivity contribution in [3.05, 3.63) is 46.3 Å². The van der Waals surface area contributed by atoms with Crippen molar-refractivity contribution < 1.29 is 9.15 Å². The van der Waals surface area contributed by atoms with Crippen LogP contribution in [0, 0.1) is 11.3 Å². The number of hydrogen-bond acceptors (Lipinski definition) is 5. The monoisotopic (exact) mass is 346 g/mol. The van der Waals surface area contributed by atoms with Crippen molar-refractivity contribution in [3.8, 4) is 21.8 Å². The molecule has 0 spiro atoms. The fourth-order valence-corrected chi connectivity index (χ4v) is 3.86. The average Bonchev–Trinajstić information content (AvgIpc) is 2.86. The number of nitrogen functional groups attached to an aromatic ring is 1. The van der Waals surface area contributed by atoms with Crippen molar-refractivity contribution in [2.24, 2.45) is 0 Å². The summed E-state index contributed by atoms with van der Waals surface area (Å²) in [6.45, 7) is 0. The van der Waals surface area contributed by atoms with Crippen LogP contribution in [0.1, 0.15) is 5.56 Å². The maximum absolute atomic E-state index is 12.1. The molecule has 0 radical (unpaired) electrons. The summed E-state index contributed by atoms with van der Waals surface area (Å²) >= 11 is -0.222. The fraction of sp³-hybridized carbons (Fsp3) is 0.0667. The Balaban J connectivity index is 2.21. The topological polar surface area (TPSA) is 89.2 Å². The summed E-state index contributed by atoms with van der Waals surface area (Å²) in [7, 11) is 1.55. The van der Waals surface area contributed by atoms with Crippen LogP contribution in [0.5, 0.6) is 5.75 Å². The maximum atomic E-state index is 12.1. The third-order valence-electron chi connectivity index (χ3n) is 3.09. The van der Waals surface area contributed by atoms with Gasteiger partial charge in [0.05, 0.1) is 0 Å². The average molecular weight is 345 g/mol. The van der Waals surface area contributed by atoms with Crippen LogP contribution in [0.2, 0.25) is 0 Å². The molecular formula is C15H10N2O3Se. The number of nitrogens with two attached hydrogens (primary N) is 1. The first kappa shape index (κ1) is 13.5. The Labute approximate surface area is 125 Å². The summed E-state index contributed by atoms with van der Waals surface area (Å²) in [5.41, 5.74) is 6.72. The molecule has 3 aromatic rings. The van der Waals surface area contributed by atoms with Crippen LogP contribution in [0.3, 0.4) is 0 Å². The van der Waals surface area contributed by atoms with Crippen LogP contribution in [-0.2, 0) is 0 Å². The van der Waals surface area contributed by atoms with Gasteiger partial charge in [0.15, 0.2) is 0 Å². The van der Waals surface area contributed by atoms with Crippen LogP contribution in [0.25, 0.3) is 21.0 Å². The molecule has 0 aliphatic carbocycles. The summed E-state index contributed by atoms with van der Waals surface area (Å²) in [5.74, 6) is 0.625. The van der Waals surface area contributed by atoms with Gasteiger partial charge in [-0.3, -0.25) is 0 Å². The number of hydrogen-bond donors (Lipinski definition) is 1. The molecule has 0 fully saturated rings. The van der Waals surface area contributed by atoms with Crippen molar-refractivity contribution in [2.45, 2.75) is 0 Å². The summed E-state index contributed by atoms with van der Waals surface area (Å²) in [6, 6.07) is 10.8. The van der Waals surface area contributed by atoms with Gasteiger partial charge in [0.25, 0.3) is 0 Å². The Kier molecular flexibility index (Phi) is 3.30. The van der Waals surface area contributed by atoms with Gasteiger partial charge in [-0.1, -0.05) is 0 Å². The van der Waals surface area contributed by atoms with Gasteiger partial charge in [0.1, 0.15) is 0 Å². The van der Waals surface area contributed by atoms with E-state index in [2.05, 4.69) is 0 Å². The van der Waals surface area contributed by atoms with E-state index in [4.69, 9.17) is 20.1 Å². The molecule has 0 saturated heterocycles. The first-order chi connectivity index (χ1) is 10.1. The minimum atomic E-state index is -0.434. The van der Waals surface area contributed by atoms with Gasteiger partial charge in [-0.25, -0.2) is 0 Å². The van der Waals surface area contributed by atoms with Crippen molar-refractivity contribution in [2.75, 3.05) is 12.8 Å². The van der Waals surface area contributed by atoms with E-state index in [1.54, 1.807) is 31.4 Å². The van der Waals surface area contributed by atoms with Crippen molar-refractivity contribution >= 4 is 30.0 Å². The zero-order chi connectivity index (χ0) is 15.0. The number of anilines is 1.